The molecule has 4 nitrogen and oxygen atoms in total. The van der Waals surface area contributed by atoms with Crippen LogP contribution < -0.4 is 0 Å². The van der Waals surface area contributed by atoms with Crippen LogP contribution in [-0.2, 0) is 5.60 Å². The van der Waals surface area contributed by atoms with Gasteiger partial charge in [-0.3, -0.25) is 0 Å². The third-order valence-electron chi connectivity index (χ3n) is 1.23. The van der Waals surface area contributed by atoms with Crippen molar-refractivity contribution in [2.24, 2.45) is 0 Å². The number of hydrogen-bond acceptors (Lipinski definition) is 4. The van der Waals surface area contributed by atoms with E-state index in [1.54, 1.807) is 6.92 Å². The lowest BCUT2D eigenvalue weighted by atomic mass is 10.1. The lowest BCUT2D eigenvalue weighted by molar-refractivity contribution is 0.0817. The average molecular weight is 152 g/mol. The Kier molecular flexibility index (Phi) is 1.67. The second kappa shape index (κ2) is 2.36. The zero-order chi connectivity index (χ0) is 8.48. The van der Waals surface area contributed by atoms with E-state index in [4.69, 9.17) is 6.42 Å². The van der Waals surface area contributed by atoms with Gasteiger partial charge in [0.2, 0.25) is 5.60 Å². The summed E-state index contributed by atoms with van der Waals surface area (Å²) in [5.41, 5.74) is -1.46. The highest BCUT2D eigenvalue weighted by molar-refractivity contribution is 5.13. The van der Waals surface area contributed by atoms with Crippen molar-refractivity contribution in [2.45, 2.75) is 19.4 Å². The summed E-state index contributed by atoms with van der Waals surface area (Å²) in [6.45, 7) is 3.07. The largest absolute Gasteiger partial charge is 0.370 e. The van der Waals surface area contributed by atoms with E-state index in [0.29, 0.717) is 5.82 Å². The summed E-state index contributed by atoms with van der Waals surface area (Å²) in [6, 6.07) is 0. The van der Waals surface area contributed by atoms with E-state index in [-0.39, 0.29) is 5.89 Å². The summed E-state index contributed by atoms with van der Waals surface area (Å²) in [7, 11) is 0. The Morgan fingerprint density at radius 1 is 1.73 bits per heavy atom. The summed E-state index contributed by atoms with van der Waals surface area (Å²) in [5, 5.41) is 12.9. The number of aromatic nitrogens is 2. The lowest BCUT2D eigenvalue weighted by Gasteiger charge is -2.08. The first-order valence-corrected chi connectivity index (χ1v) is 3.07. The first-order valence-electron chi connectivity index (χ1n) is 3.07. The van der Waals surface area contributed by atoms with Crippen LogP contribution in [0.15, 0.2) is 4.52 Å². The van der Waals surface area contributed by atoms with E-state index in [0.717, 1.165) is 0 Å². The maximum Gasteiger partial charge on any atom is 0.270 e. The smallest absolute Gasteiger partial charge is 0.270 e. The monoisotopic (exact) mass is 152 g/mol. The fourth-order valence-electron chi connectivity index (χ4n) is 0.557. The Bertz CT molecular complexity index is 296. The highest BCUT2D eigenvalue weighted by Crippen LogP contribution is 2.16. The van der Waals surface area contributed by atoms with Crippen molar-refractivity contribution >= 4 is 0 Å². The minimum absolute atomic E-state index is 0.0532. The Hall–Kier alpha value is -1.34. The number of nitrogens with zero attached hydrogens (tertiary/aromatic N) is 2. The molecule has 1 aromatic heterocycles. The van der Waals surface area contributed by atoms with Gasteiger partial charge >= 0.3 is 0 Å². The van der Waals surface area contributed by atoms with Crippen LogP contribution in [0.3, 0.4) is 0 Å². The van der Waals surface area contributed by atoms with E-state index in [2.05, 4.69) is 20.6 Å². The Balaban J connectivity index is 3.04. The lowest BCUT2D eigenvalue weighted by Crippen LogP contribution is -2.18. The number of aliphatic hydroxyl groups is 1. The van der Waals surface area contributed by atoms with Gasteiger partial charge in [0.25, 0.3) is 5.89 Å². The summed E-state index contributed by atoms with van der Waals surface area (Å²) >= 11 is 0. The van der Waals surface area contributed by atoms with Crippen molar-refractivity contribution in [1.82, 2.24) is 10.1 Å². The number of rotatable bonds is 1. The summed E-state index contributed by atoms with van der Waals surface area (Å²) in [6.07, 6.45) is 5.02. The van der Waals surface area contributed by atoms with Gasteiger partial charge in [-0.1, -0.05) is 11.1 Å². The zero-order valence-corrected chi connectivity index (χ0v) is 6.33. The quantitative estimate of drug-likeness (QED) is 0.585. The van der Waals surface area contributed by atoms with Crippen LogP contribution in [0.5, 0.6) is 0 Å². The summed E-state index contributed by atoms with van der Waals surface area (Å²) in [5.74, 6) is 2.64. The Morgan fingerprint density at radius 2 is 2.36 bits per heavy atom. The Labute approximate surface area is 64.2 Å². The molecule has 1 unspecified atom stereocenters. The van der Waals surface area contributed by atoms with E-state index in [1.165, 1.54) is 6.92 Å². The molecule has 0 aromatic carbocycles. The van der Waals surface area contributed by atoms with Gasteiger partial charge in [-0.15, -0.1) is 6.42 Å². The fraction of sp³-hybridized carbons (Fsp3) is 0.429. The van der Waals surface area contributed by atoms with Crippen LogP contribution >= 0.6 is 0 Å². The highest BCUT2D eigenvalue weighted by atomic mass is 16.5. The van der Waals surface area contributed by atoms with Crippen LogP contribution in [0, 0.1) is 19.3 Å². The molecule has 0 aliphatic carbocycles. The molecule has 11 heavy (non-hydrogen) atoms. The van der Waals surface area contributed by atoms with Gasteiger partial charge in [0, 0.05) is 0 Å². The second-order valence-electron chi connectivity index (χ2n) is 2.36. The molecule has 1 N–H and O–H groups in total. The standard InChI is InChI=1S/C7H8N2O2/c1-4-7(3,10)6-8-5(2)9-11-6/h1,10H,2-3H3. The van der Waals surface area contributed by atoms with Crippen molar-refractivity contribution in [3.05, 3.63) is 11.7 Å². The Morgan fingerprint density at radius 3 is 2.73 bits per heavy atom. The van der Waals surface area contributed by atoms with Crippen molar-refractivity contribution in [3.63, 3.8) is 0 Å². The van der Waals surface area contributed by atoms with Crippen molar-refractivity contribution in [3.8, 4) is 12.3 Å². The van der Waals surface area contributed by atoms with Crippen molar-refractivity contribution in [2.75, 3.05) is 0 Å². The van der Waals surface area contributed by atoms with Gasteiger partial charge < -0.3 is 9.63 Å². The van der Waals surface area contributed by atoms with E-state index in [1.807, 2.05) is 0 Å². The fourth-order valence-corrected chi connectivity index (χ4v) is 0.557. The second-order valence-corrected chi connectivity index (χ2v) is 2.36. The molecule has 1 atom stereocenters. The topological polar surface area (TPSA) is 59.2 Å². The van der Waals surface area contributed by atoms with Gasteiger partial charge in [0.1, 0.15) is 0 Å². The van der Waals surface area contributed by atoms with Gasteiger partial charge in [0.05, 0.1) is 0 Å². The molecule has 0 aliphatic heterocycles. The maximum absolute atomic E-state index is 9.38. The summed E-state index contributed by atoms with van der Waals surface area (Å²) in [4.78, 5) is 3.78. The molecular formula is C7H8N2O2. The molecule has 0 aliphatic rings. The van der Waals surface area contributed by atoms with Crippen LogP contribution in [0.4, 0.5) is 0 Å². The van der Waals surface area contributed by atoms with Gasteiger partial charge in [0.15, 0.2) is 5.82 Å². The molecule has 0 spiro atoms. The minimum atomic E-state index is -1.46. The van der Waals surface area contributed by atoms with Crippen molar-refractivity contribution < 1.29 is 9.63 Å². The third kappa shape index (κ3) is 1.38. The molecule has 0 amide bonds. The first kappa shape index (κ1) is 7.76. The van der Waals surface area contributed by atoms with E-state index in [9.17, 15) is 5.11 Å². The zero-order valence-electron chi connectivity index (χ0n) is 6.33. The van der Waals surface area contributed by atoms with Crippen LogP contribution in [0.2, 0.25) is 0 Å². The molecule has 1 rings (SSSR count). The molecule has 0 saturated heterocycles. The SMILES string of the molecule is C#CC(C)(O)c1nc(C)no1. The molecule has 1 aromatic rings. The molecule has 0 saturated carbocycles. The minimum Gasteiger partial charge on any atom is -0.370 e. The number of aryl methyl sites for hydroxylation is 1. The predicted octanol–water partition coefficient (Wildman–Crippen LogP) is 0.219. The molecule has 1 heterocycles. The first-order chi connectivity index (χ1) is 5.06. The van der Waals surface area contributed by atoms with E-state index < -0.39 is 5.60 Å². The normalized spacial score (nSPS) is 15.5. The molecule has 4 heteroatoms. The molecule has 0 bridgehead atoms. The van der Waals surface area contributed by atoms with Crippen LogP contribution in [-0.4, -0.2) is 15.2 Å². The number of hydrogen-bond donors (Lipinski definition) is 1. The van der Waals surface area contributed by atoms with Crippen molar-refractivity contribution in [1.29, 1.82) is 0 Å². The van der Waals surface area contributed by atoms with Gasteiger partial charge in [-0.05, 0) is 13.8 Å². The molecule has 58 valence electrons. The number of terminal acetylenes is 1. The van der Waals surface area contributed by atoms with Gasteiger partial charge in [-0.2, -0.15) is 4.98 Å². The maximum atomic E-state index is 9.38. The third-order valence-corrected chi connectivity index (χ3v) is 1.23. The highest BCUT2D eigenvalue weighted by Gasteiger charge is 2.26. The predicted molar refractivity (Wildman–Crippen MR) is 37.4 cm³/mol. The van der Waals surface area contributed by atoms with Crippen LogP contribution in [0.1, 0.15) is 18.6 Å². The van der Waals surface area contributed by atoms with Gasteiger partial charge in [-0.25, -0.2) is 0 Å². The van der Waals surface area contributed by atoms with E-state index >= 15 is 0 Å². The summed E-state index contributed by atoms with van der Waals surface area (Å²) < 4.78 is 4.67. The molecule has 0 radical (unpaired) electrons. The molecular weight excluding hydrogens is 144 g/mol. The van der Waals surface area contributed by atoms with Crippen LogP contribution in [0.25, 0.3) is 0 Å². The average Bonchev–Trinajstić information content (AvgIpc) is 2.36. The molecule has 0 fully saturated rings.